The van der Waals surface area contributed by atoms with Gasteiger partial charge in [0.2, 0.25) is 6.20 Å². The molecule has 404 valence electrons. The topological polar surface area (TPSA) is 226 Å². The summed E-state index contributed by atoms with van der Waals surface area (Å²) in [6.45, 7) is 0. The van der Waals surface area contributed by atoms with Crippen LogP contribution in [0.2, 0.25) is 0 Å². The van der Waals surface area contributed by atoms with Gasteiger partial charge < -0.3 is 50.5 Å². The molecule has 17 nitrogen and oxygen atoms in total. The van der Waals surface area contributed by atoms with Crippen LogP contribution in [0, 0.1) is 11.6 Å². The van der Waals surface area contributed by atoms with Crippen molar-refractivity contribution < 1.29 is 127 Å². The Kier molecular flexibility index (Phi) is 14.7. The summed E-state index contributed by atoms with van der Waals surface area (Å²) in [6, 6.07) is 9.07. The lowest BCUT2D eigenvalue weighted by Gasteiger charge is -2.18. The second-order valence-electron chi connectivity index (χ2n) is 14.2. The molecule has 2 heterocycles. The molecular formula is C45H31F14N6O11+. The fourth-order valence-electron chi connectivity index (χ4n) is 6.02. The fraction of sp³-hybridized carbons (Fsp3) is 0.156. The highest BCUT2D eigenvalue weighted by Crippen LogP contribution is 2.43. The molecule has 31 heteroatoms. The van der Waals surface area contributed by atoms with Crippen LogP contribution in [0.25, 0.3) is 0 Å². The maximum Gasteiger partial charge on any atom is 0.573 e. The van der Waals surface area contributed by atoms with Crippen molar-refractivity contribution in [3.63, 3.8) is 0 Å². The minimum atomic E-state index is -5.29. The lowest BCUT2D eigenvalue weighted by molar-refractivity contribution is -0.886. The number of methoxy groups -OCH3 is 2. The van der Waals surface area contributed by atoms with Crippen LogP contribution in [-0.4, -0.2) is 62.5 Å². The number of aromatic nitrogens is 2. The van der Waals surface area contributed by atoms with Gasteiger partial charge in [0.1, 0.15) is 46.9 Å². The molecule has 0 aliphatic rings. The molecular weight excluding hydrogens is 1070 g/mol. The van der Waals surface area contributed by atoms with Crippen molar-refractivity contribution in [1.82, 2.24) is 4.98 Å². The van der Waals surface area contributed by atoms with Crippen LogP contribution in [0.1, 0.15) is 61.0 Å². The molecule has 0 aliphatic carbocycles. The van der Waals surface area contributed by atoms with Gasteiger partial charge in [0.15, 0.2) is 34.6 Å². The third kappa shape index (κ3) is 14.7. The molecule has 6 N–H and O–H groups in total. The Labute approximate surface area is 423 Å². The second-order valence-corrected chi connectivity index (χ2v) is 14.2. The Morgan fingerprint density at radius 3 is 1.38 bits per heavy atom. The van der Waals surface area contributed by atoms with E-state index in [0.717, 1.165) is 48.5 Å². The van der Waals surface area contributed by atoms with Crippen LogP contribution >= 0.6 is 0 Å². The molecule has 6 rings (SSSR count). The predicted octanol–water partition coefficient (Wildman–Crippen LogP) is 9.53. The number of benzene rings is 4. The Morgan fingerprint density at radius 1 is 0.566 bits per heavy atom. The van der Waals surface area contributed by atoms with E-state index in [1.54, 1.807) is 0 Å². The van der Waals surface area contributed by atoms with Crippen LogP contribution < -0.4 is 60.1 Å². The average Bonchev–Trinajstić information content (AvgIpc) is 2.81. The summed E-state index contributed by atoms with van der Waals surface area (Å²) < 4.78 is 258. The van der Waals surface area contributed by atoms with Crippen LogP contribution in [0.5, 0.6) is 46.0 Å². The zero-order valence-corrected chi connectivity index (χ0v) is 37.1. The zero-order chi connectivity index (χ0) is 61.7. The molecule has 2 aromatic heterocycles. The van der Waals surface area contributed by atoms with E-state index < -0.39 is 143 Å². The van der Waals surface area contributed by atoms with Gasteiger partial charge in [-0.15, -0.1) is 26.3 Å². The minimum absolute atomic E-state index is 0.210. The van der Waals surface area contributed by atoms with E-state index in [0.29, 0.717) is 48.5 Å². The van der Waals surface area contributed by atoms with Gasteiger partial charge in [-0.1, -0.05) is 0 Å². The molecule has 0 unspecified atom stereocenters. The highest BCUT2D eigenvalue weighted by atomic mass is 19.4. The lowest BCUT2D eigenvalue weighted by Crippen LogP contribution is -2.47. The number of carbonyl (C=O) groups is 4. The van der Waals surface area contributed by atoms with E-state index in [1.165, 1.54) is 0 Å². The van der Waals surface area contributed by atoms with Gasteiger partial charge in [-0.25, -0.2) is 8.78 Å². The molecule has 0 bridgehead atoms. The summed E-state index contributed by atoms with van der Waals surface area (Å²) in [5.41, 5.74) is 2.65. The molecule has 0 fully saturated rings. The summed E-state index contributed by atoms with van der Waals surface area (Å²) in [6.07, 6.45) is -18.9. The van der Waals surface area contributed by atoms with E-state index in [1.807, 2.05) is 5.32 Å². The number of pyridine rings is 2. The lowest BCUT2D eigenvalue weighted by atomic mass is 10.1. The molecule has 6 aromatic rings. The van der Waals surface area contributed by atoms with Gasteiger partial charge in [-0.05, 0) is 60.7 Å². The Morgan fingerprint density at radius 2 is 1.00 bits per heavy atom. The van der Waals surface area contributed by atoms with Gasteiger partial charge in [-0.3, -0.25) is 29.0 Å². The van der Waals surface area contributed by atoms with Gasteiger partial charge >= 0.3 is 36.7 Å². The summed E-state index contributed by atoms with van der Waals surface area (Å²) in [7, 11) is -5.37. The average molecular weight is 1100 g/mol. The first-order valence-corrected chi connectivity index (χ1v) is 19.7. The van der Waals surface area contributed by atoms with E-state index in [2.05, 4.69) is 29.2 Å². The standard InChI is InChI=1S/C23H16F7N3O6.C22H14F7N3O5/c1-36-17-10-12(39-23(28,29)30)3-5-15(17)38-16-6-4-13(22(25,26)27)19(24)18(16)21(35)32-11-7-8-33(37-2)14(9-11)20(31)34;1-35-16-9-11(37-22(27,28)29)2-4-14(16)36-15-5-3-12(21(24,25)26)18(23)17(15)20(34)32-10-6-7-31-13(8-10)19(30)33/h3-10H,1-2H3,(H2,31,34);2-9H,1H3,(H2,30,33)(H,31,32,34)/p+1/i2*1D3. The molecule has 4 amide bonds. The Bertz CT molecular complexity index is 3400. The number of amides is 4. The molecule has 0 saturated heterocycles. The monoisotopic (exact) mass is 1100 g/mol. The zero-order valence-electron chi connectivity index (χ0n) is 43.1. The number of anilines is 2. The maximum atomic E-state index is 15.2. The molecule has 76 heavy (non-hydrogen) atoms. The van der Waals surface area contributed by atoms with Crippen molar-refractivity contribution in [1.29, 1.82) is 0 Å². The Hall–Kier alpha value is -9.32. The van der Waals surface area contributed by atoms with Gasteiger partial charge in [-0.2, -0.15) is 26.3 Å². The number of hydrogen-bond acceptors (Lipinski definition) is 12. The number of alkyl halides is 12. The summed E-state index contributed by atoms with van der Waals surface area (Å²) in [5.74, 6) is -16.5. The first kappa shape index (κ1) is 48.9. The third-order valence-corrected chi connectivity index (χ3v) is 9.13. The third-order valence-electron chi connectivity index (χ3n) is 9.13. The fourth-order valence-corrected chi connectivity index (χ4v) is 6.02. The smallest absolute Gasteiger partial charge is 0.493 e. The summed E-state index contributed by atoms with van der Waals surface area (Å²) in [4.78, 5) is 57.5. The van der Waals surface area contributed by atoms with E-state index in [-0.39, 0.29) is 34.9 Å². The number of ether oxygens (including phenoxy) is 6. The highest BCUT2D eigenvalue weighted by Gasteiger charge is 2.40. The first-order valence-electron chi connectivity index (χ1n) is 22.7. The van der Waals surface area contributed by atoms with Gasteiger partial charge in [0.05, 0.1) is 39.1 Å². The van der Waals surface area contributed by atoms with Crippen molar-refractivity contribution in [2.45, 2.75) is 25.1 Å². The van der Waals surface area contributed by atoms with Crippen molar-refractivity contribution >= 4 is 35.0 Å². The normalized spacial score (nSPS) is 13.0. The number of nitrogens with two attached hydrogens (primary N) is 2. The number of primary amides is 2. The number of nitrogens with one attached hydrogen (secondary N) is 2. The van der Waals surface area contributed by atoms with Crippen molar-refractivity contribution in [3.05, 3.63) is 143 Å². The summed E-state index contributed by atoms with van der Waals surface area (Å²) in [5, 5.41) is 4.12. The van der Waals surface area contributed by atoms with Gasteiger partial charge in [0, 0.05) is 40.9 Å². The number of halogens is 14. The van der Waals surface area contributed by atoms with Gasteiger partial charge in [0.25, 0.3) is 17.7 Å². The van der Waals surface area contributed by atoms with Crippen LogP contribution in [0.3, 0.4) is 0 Å². The number of carbonyl (C=O) groups excluding carboxylic acids is 4. The van der Waals surface area contributed by atoms with E-state index in [4.69, 9.17) is 34.0 Å². The summed E-state index contributed by atoms with van der Waals surface area (Å²) >= 11 is 0. The van der Waals surface area contributed by atoms with Crippen LogP contribution in [-0.2, 0) is 12.4 Å². The first-order chi connectivity index (χ1) is 37.6. The molecule has 0 saturated carbocycles. The SMILES string of the molecule is [2H]C([2H])([2H])Oc1cc(OC(F)(F)F)ccc1Oc1ccc(C(F)(F)F)c(F)c1C(=O)Nc1cc[n+](OC)c(C(N)=O)c1.[2H]C([2H])([2H])Oc1cc(OC(F)(F)F)ccc1Oc1ccc(C(F)(F)F)c(F)c1C(=O)Nc1ccnc(C(N)=O)c1. The molecule has 0 atom stereocenters. The number of rotatable bonds is 15. The number of hydrogen-bond donors (Lipinski definition) is 4. The highest BCUT2D eigenvalue weighted by molar-refractivity contribution is 6.08. The van der Waals surface area contributed by atoms with Crippen molar-refractivity contribution in [3.8, 4) is 46.0 Å². The molecule has 0 aliphatic heterocycles. The van der Waals surface area contributed by atoms with Crippen LogP contribution in [0.15, 0.2) is 97.3 Å². The quantitative estimate of drug-likeness (QED) is 0.0557. The van der Waals surface area contributed by atoms with Crippen LogP contribution in [0.4, 0.5) is 72.8 Å². The predicted molar refractivity (Wildman–Crippen MR) is 229 cm³/mol. The van der Waals surface area contributed by atoms with E-state index >= 15 is 8.78 Å². The molecule has 0 radical (unpaired) electrons. The second kappa shape index (κ2) is 22.8. The minimum Gasteiger partial charge on any atom is -0.493 e. The van der Waals surface area contributed by atoms with Crippen molar-refractivity contribution in [2.24, 2.45) is 11.5 Å². The van der Waals surface area contributed by atoms with E-state index in [9.17, 15) is 71.9 Å². The Balaban J connectivity index is 0.000000301. The maximum absolute atomic E-state index is 15.2. The number of nitrogens with zero attached hydrogens (tertiary/aromatic N) is 2. The largest absolute Gasteiger partial charge is 0.573 e. The molecule has 4 aromatic carbocycles. The van der Waals surface area contributed by atoms with Crippen molar-refractivity contribution in [2.75, 3.05) is 31.8 Å². The molecule has 0 spiro atoms.